The van der Waals surface area contributed by atoms with E-state index in [-0.39, 0.29) is 10.0 Å². The van der Waals surface area contributed by atoms with Gasteiger partial charge < -0.3 is 10.9 Å². The Bertz CT molecular complexity index is 555. The molecule has 1 aromatic rings. The van der Waals surface area contributed by atoms with Crippen LogP contribution in [0.1, 0.15) is 20.3 Å². The number of sulfonamides is 1. The Morgan fingerprint density at radius 2 is 2.33 bits per heavy atom. The number of nitrogens with zero attached hydrogens (tertiary/aromatic N) is 1. The number of rotatable bonds is 5. The second kappa shape index (κ2) is 5.55. The number of amidine groups is 1. The molecule has 9 heteroatoms. The Labute approximate surface area is 118 Å². The van der Waals surface area contributed by atoms with Crippen molar-refractivity contribution in [2.45, 2.75) is 30.0 Å². The summed E-state index contributed by atoms with van der Waals surface area (Å²) in [6.45, 7) is 3.30. The van der Waals surface area contributed by atoms with Crippen LogP contribution in [0.25, 0.3) is 0 Å². The molecule has 102 valence electrons. The van der Waals surface area contributed by atoms with Gasteiger partial charge in [-0.2, -0.15) is 4.72 Å². The van der Waals surface area contributed by atoms with E-state index in [4.69, 9.17) is 10.9 Å². The molecule has 0 spiro atoms. The van der Waals surface area contributed by atoms with Crippen LogP contribution in [0.2, 0.25) is 0 Å². The molecule has 0 aromatic carbocycles. The molecule has 0 aliphatic rings. The molecule has 1 aromatic heterocycles. The van der Waals surface area contributed by atoms with Gasteiger partial charge in [0.05, 0.1) is 5.54 Å². The van der Waals surface area contributed by atoms with Crippen molar-refractivity contribution in [3.05, 3.63) is 15.9 Å². The summed E-state index contributed by atoms with van der Waals surface area (Å²) in [5.41, 5.74) is 4.40. The third kappa shape index (κ3) is 3.02. The fraction of sp³-hybridized carbons (Fsp3) is 0.444. The maximum absolute atomic E-state index is 12.2. The largest absolute Gasteiger partial charge is 0.409 e. The van der Waals surface area contributed by atoms with Crippen LogP contribution in [0.5, 0.6) is 0 Å². The van der Waals surface area contributed by atoms with E-state index < -0.39 is 15.6 Å². The van der Waals surface area contributed by atoms with Crippen LogP contribution in [0.3, 0.4) is 0 Å². The van der Waals surface area contributed by atoms with Gasteiger partial charge in [0.2, 0.25) is 0 Å². The molecule has 1 atom stereocenters. The lowest BCUT2D eigenvalue weighted by Gasteiger charge is -2.27. The highest BCUT2D eigenvalue weighted by atomic mass is 79.9. The van der Waals surface area contributed by atoms with Crippen LogP contribution in [0, 0.1) is 0 Å². The molecule has 1 unspecified atom stereocenters. The van der Waals surface area contributed by atoms with Crippen molar-refractivity contribution >= 4 is 43.1 Å². The average Bonchev–Trinajstić information content (AvgIpc) is 2.74. The second-order valence-corrected chi connectivity index (χ2v) is 7.48. The van der Waals surface area contributed by atoms with Gasteiger partial charge in [0.25, 0.3) is 10.0 Å². The normalized spacial score (nSPS) is 16.5. The maximum Gasteiger partial charge on any atom is 0.252 e. The summed E-state index contributed by atoms with van der Waals surface area (Å²) in [6, 6.07) is 1.64. The van der Waals surface area contributed by atoms with Gasteiger partial charge in [0.1, 0.15) is 4.21 Å². The maximum atomic E-state index is 12.2. The van der Waals surface area contributed by atoms with Gasteiger partial charge >= 0.3 is 0 Å². The van der Waals surface area contributed by atoms with Crippen molar-refractivity contribution in [2.24, 2.45) is 10.9 Å². The topological polar surface area (TPSA) is 105 Å². The number of hydrogen-bond acceptors (Lipinski definition) is 5. The summed E-state index contributed by atoms with van der Waals surface area (Å²) in [7, 11) is -3.72. The van der Waals surface area contributed by atoms with Crippen LogP contribution in [0.4, 0.5) is 0 Å². The summed E-state index contributed by atoms with van der Waals surface area (Å²) in [4.78, 5) is 0. The molecular weight excluding hydrogens is 342 g/mol. The molecule has 0 amide bonds. The molecule has 0 aliphatic heterocycles. The zero-order valence-electron chi connectivity index (χ0n) is 9.84. The lowest BCUT2D eigenvalue weighted by atomic mass is 10.00. The lowest BCUT2D eigenvalue weighted by Crippen LogP contribution is -2.54. The molecule has 0 saturated carbocycles. The Balaban J connectivity index is 3.14. The molecule has 6 nitrogen and oxygen atoms in total. The summed E-state index contributed by atoms with van der Waals surface area (Å²) in [5.74, 6) is -0.179. The average molecular weight is 356 g/mol. The van der Waals surface area contributed by atoms with E-state index in [0.29, 0.717) is 10.9 Å². The van der Waals surface area contributed by atoms with Gasteiger partial charge in [-0.05, 0) is 40.7 Å². The Morgan fingerprint density at radius 1 is 1.72 bits per heavy atom. The van der Waals surface area contributed by atoms with Gasteiger partial charge in [0.15, 0.2) is 5.84 Å². The quantitative estimate of drug-likeness (QED) is 0.323. The van der Waals surface area contributed by atoms with Crippen molar-refractivity contribution in [3.63, 3.8) is 0 Å². The Kier molecular flexibility index (Phi) is 4.76. The third-order valence-corrected chi connectivity index (χ3v) is 6.83. The first kappa shape index (κ1) is 15.4. The SMILES string of the molecule is CCC(C)(NS(=O)(=O)c1sccc1Br)C(N)=NO. The molecular formula is C9H14BrN3O3S2. The molecule has 0 radical (unpaired) electrons. The molecule has 0 saturated heterocycles. The van der Waals surface area contributed by atoms with Crippen molar-refractivity contribution in [1.29, 1.82) is 0 Å². The van der Waals surface area contributed by atoms with E-state index >= 15 is 0 Å². The first-order valence-corrected chi connectivity index (χ1v) is 8.17. The predicted molar refractivity (Wildman–Crippen MR) is 74.4 cm³/mol. The first-order chi connectivity index (χ1) is 8.27. The highest BCUT2D eigenvalue weighted by Crippen LogP contribution is 2.28. The van der Waals surface area contributed by atoms with Crippen LogP contribution >= 0.6 is 27.3 Å². The fourth-order valence-electron chi connectivity index (χ4n) is 1.23. The van der Waals surface area contributed by atoms with Crippen molar-refractivity contribution in [1.82, 2.24) is 4.72 Å². The molecule has 1 rings (SSSR count). The zero-order chi connectivity index (χ0) is 14.0. The number of hydrogen-bond donors (Lipinski definition) is 3. The summed E-state index contributed by atoms with van der Waals surface area (Å²) < 4.78 is 27.5. The minimum absolute atomic E-state index is 0.160. The highest BCUT2D eigenvalue weighted by Gasteiger charge is 2.34. The summed E-state index contributed by atoms with van der Waals surface area (Å²) >= 11 is 4.25. The van der Waals surface area contributed by atoms with E-state index in [1.807, 2.05) is 0 Å². The van der Waals surface area contributed by atoms with E-state index in [1.54, 1.807) is 25.3 Å². The summed E-state index contributed by atoms with van der Waals surface area (Å²) in [6.07, 6.45) is 0.352. The summed E-state index contributed by atoms with van der Waals surface area (Å²) in [5, 5.41) is 13.2. The zero-order valence-corrected chi connectivity index (χ0v) is 13.1. The van der Waals surface area contributed by atoms with Crippen molar-refractivity contribution < 1.29 is 13.6 Å². The second-order valence-electron chi connectivity index (χ2n) is 3.83. The molecule has 18 heavy (non-hydrogen) atoms. The molecule has 0 aliphatic carbocycles. The predicted octanol–water partition coefficient (Wildman–Crippen LogP) is 1.70. The molecule has 4 N–H and O–H groups in total. The van der Waals surface area contributed by atoms with Crippen molar-refractivity contribution in [3.8, 4) is 0 Å². The molecule has 0 fully saturated rings. The van der Waals surface area contributed by atoms with E-state index in [2.05, 4.69) is 25.8 Å². The molecule has 0 bridgehead atoms. The van der Waals surface area contributed by atoms with Gasteiger partial charge in [-0.1, -0.05) is 12.1 Å². The number of halogens is 1. The minimum atomic E-state index is -3.72. The van der Waals surface area contributed by atoms with E-state index in [9.17, 15) is 8.42 Å². The monoisotopic (exact) mass is 355 g/mol. The third-order valence-electron chi connectivity index (χ3n) is 2.57. The molecule has 1 heterocycles. The van der Waals surface area contributed by atoms with Gasteiger partial charge in [-0.15, -0.1) is 11.3 Å². The van der Waals surface area contributed by atoms with E-state index in [1.165, 1.54) is 0 Å². The van der Waals surface area contributed by atoms with Gasteiger partial charge in [-0.3, -0.25) is 0 Å². The number of thiophene rings is 1. The Morgan fingerprint density at radius 3 is 2.72 bits per heavy atom. The van der Waals surface area contributed by atoms with Crippen LogP contribution in [-0.2, 0) is 10.0 Å². The van der Waals surface area contributed by atoms with Crippen LogP contribution in [-0.4, -0.2) is 25.0 Å². The smallest absolute Gasteiger partial charge is 0.252 e. The van der Waals surface area contributed by atoms with Gasteiger partial charge in [-0.25, -0.2) is 8.42 Å². The number of nitrogens with two attached hydrogens (primary N) is 1. The first-order valence-electron chi connectivity index (χ1n) is 5.02. The fourth-order valence-corrected chi connectivity index (χ4v) is 5.02. The minimum Gasteiger partial charge on any atom is -0.409 e. The highest BCUT2D eigenvalue weighted by molar-refractivity contribution is 9.10. The van der Waals surface area contributed by atoms with Crippen LogP contribution < -0.4 is 10.5 Å². The van der Waals surface area contributed by atoms with Gasteiger partial charge in [0, 0.05) is 4.47 Å². The van der Waals surface area contributed by atoms with Crippen molar-refractivity contribution in [2.75, 3.05) is 0 Å². The number of oxime groups is 1. The van der Waals surface area contributed by atoms with E-state index in [0.717, 1.165) is 11.3 Å². The number of nitrogens with one attached hydrogen (secondary N) is 1. The van der Waals surface area contributed by atoms with Crippen LogP contribution in [0.15, 0.2) is 25.3 Å². The Hall–Kier alpha value is -0.640. The standard InChI is InChI=1S/C9H14BrN3O3S2/c1-3-9(2,8(11)12-14)13-18(15,16)7-6(10)4-5-17-7/h4-5,13-14H,3H2,1-2H3,(H2,11,12). The lowest BCUT2D eigenvalue weighted by molar-refractivity contribution is 0.310.